The van der Waals surface area contributed by atoms with Crippen molar-refractivity contribution in [3.63, 3.8) is 0 Å². The smallest absolute Gasteiger partial charge is 0.294 e. The van der Waals surface area contributed by atoms with Crippen LogP contribution in [0.2, 0.25) is 0 Å². The van der Waals surface area contributed by atoms with E-state index in [9.17, 15) is 9.59 Å². The Bertz CT molecular complexity index is 859. The van der Waals surface area contributed by atoms with Gasteiger partial charge in [0.15, 0.2) is 0 Å². The average molecular weight is 340 g/mol. The van der Waals surface area contributed by atoms with Crippen molar-refractivity contribution in [2.45, 2.75) is 50.1 Å². The number of nitrogens with zero attached hydrogens (tertiary/aromatic N) is 4. The zero-order valence-electron chi connectivity index (χ0n) is 14.0. The molecule has 1 atom stereocenters. The van der Waals surface area contributed by atoms with E-state index in [1.54, 1.807) is 23.2 Å². The third kappa shape index (κ3) is 2.11. The second-order valence-corrected chi connectivity index (χ2v) is 7.31. The predicted molar refractivity (Wildman–Crippen MR) is 88.8 cm³/mol. The normalized spacial score (nSPS) is 26.8. The monoisotopic (exact) mass is 340 g/mol. The summed E-state index contributed by atoms with van der Waals surface area (Å²) in [6, 6.07) is 3.93. The van der Waals surface area contributed by atoms with Crippen LogP contribution in [0.3, 0.4) is 0 Å². The van der Waals surface area contributed by atoms with Crippen molar-refractivity contribution >= 4 is 22.8 Å². The second-order valence-electron chi connectivity index (χ2n) is 7.31. The van der Waals surface area contributed by atoms with Crippen LogP contribution < -0.4 is 0 Å². The van der Waals surface area contributed by atoms with Crippen LogP contribution in [0.15, 0.2) is 22.9 Å². The molecule has 7 nitrogen and oxygen atoms in total. The molecule has 3 fully saturated rings. The van der Waals surface area contributed by atoms with E-state index in [-0.39, 0.29) is 17.6 Å². The predicted octanol–water partition coefficient (Wildman–Crippen LogP) is 1.98. The van der Waals surface area contributed by atoms with Gasteiger partial charge in [0.2, 0.25) is 17.3 Å². The molecule has 0 bridgehead atoms. The Morgan fingerprint density at radius 2 is 2.04 bits per heavy atom. The van der Waals surface area contributed by atoms with Crippen molar-refractivity contribution in [2.24, 2.45) is 0 Å². The van der Waals surface area contributed by atoms with E-state index in [1.165, 1.54) is 0 Å². The molecule has 0 aromatic carbocycles. The lowest BCUT2D eigenvalue weighted by Gasteiger charge is -2.44. The summed E-state index contributed by atoms with van der Waals surface area (Å²) < 4.78 is 5.32. The first-order chi connectivity index (χ1) is 12.2. The van der Waals surface area contributed by atoms with Crippen molar-refractivity contribution in [2.75, 3.05) is 13.1 Å². The highest BCUT2D eigenvalue weighted by Crippen LogP contribution is 2.42. The minimum absolute atomic E-state index is 0.133. The fraction of sp³-hybridized carbons (Fsp3) is 0.556. The van der Waals surface area contributed by atoms with Gasteiger partial charge < -0.3 is 14.3 Å². The standard InChI is InChI=1S/C18H20N4O3/c23-16(14-13-4-1-9-19-15(13)20-25-14)22-11-3-8-18(22)7-2-10-21(17(18)24)12-5-6-12/h1,4,9,12H,2-3,5-8,10-11H2. The lowest BCUT2D eigenvalue weighted by atomic mass is 9.85. The van der Waals surface area contributed by atoms with Crippen LogP contribution in [-0.2, 0) is 4.79 Å². The van der Waals surface area contributed by atoms with E-state index in [2.05, 4.69) is 10.1 Å². The molecule has 25 heavy (non-hydrogen) atoms. The molecule has 4 heterocycles. The molecule has 2 saturated heterocycles. The minimum atomic E-state index is -0.695. The van der Waals surface area contributed by atoms with Gasteiger partial charge in [-0.15, -0.1) is 0 Å². The first-order valence-corrected chi connectivity index (χ1v) is 9.04. The molecule has 1 unspecified atom stereocenters. The van der Waals surface area contributed by atoms with Crippen molar-refractivity contribution in [3.05, 3.63) is 24.1 Å². The van der Waals surface area contributed by atoms with Gasteiger partial charge in [0.1, 0.15) is 5.54 Å². The summed E-state index contributed by atoms with van der Waals surface area (Å²) >= 11 is 0. The Morgan fingerprint density at radius 1 is 1.24 bits per heavy atom. The molecule has 1 spiro atoms. The number of hydrogen-bond acceptors (Lipinski definition) is 5. The lowest BCUT2D eigenvalue weighted by Crippen LogP contribution is -2.61. The number of carbonyl (C=O) groups excluding carboxylic acids is 2. The van der Waals surface area contributed by atoms with Crippen LogP contribution in [0.4, 0.5) is 0 Å². The molecular formula is C18H20N4O3. The number of rotatable bonds is 2. The molecule has 7 heteroatoms. The van der Waals surface area contributed by atoms with Crippen LogP contribution in [0.5, 0.6) is 0 Å². The van der Waals surface area contributed by atoms with Gasteiger partial charge in [0, 0.05) is 25.3 Å². The van der Waals surface area contributed by atoms with Gasteiger partial charge in [-0.1, -0.05) is 5.16 Å². The highest BCUT2D eigenvalue weighted by molar-refractivity contribution is 6.05. The van der Waals surface area contributed by atoms with Gasteiger partial charge in [-0.05, 0) is 50.7 Å². The summed E-state index contributed by atoms with van der Waals surface area (Å²) in [7, 11) is 0. The van der Waals surface area contributed by atoms with E-state index >= 15 is 0 Å². The number of likely N-dealkylation sites (tertiary alicyclic amines) is 2. The summed E-state index contributed by atoms with van der Waals surface area (Å²) in [6.07, 6.45) is 7.08. The Balaban J connectivity index is 1.52. The zero-order valence-corrected chi connectivity index (χ0v) is 14.0. The number of piperidine rings is 1. The minimum Gasteiger partial charge on any atom is -0.348 e. The Hall–Kier alpha value is -2.44. The number of hydrogen-bond donors (Lipinski definition) is 0. The fourth-order valence-electron chi connectivity index (χ4n) is 4.47. The maximum Gasteiger partial charge on any atom is 0.294 e. The SMILES string of the molecule is O=C(c1onc2ncccc12)N1CCCC12CCCN(C1CC1)C2=O. The topological polar surface area (TPSA) is 79.5 Å². The molecule has 2 aliphatic heterocycles. The quantitative estimate of drug-likeness (QED) is 0.835. The number of pyridine rings is 1. The maximum absolute atomic E-state index is 13.3. The third-order valence-electron chi connectivity index (χ3n) is 5.82. The second kappa shape index (κ2) is 5.28. The van der Waals surface area contributed by atoms with Crippen LogP contribution in [0, 0.1) is 0 Å². The summed E-state index contributed by atoms with van der Waals surface area (Å²) in [6.45, 7) is 1.41. The molecule has 1 saturated carbocycles. The molecule has 1 aliphatic carbocycles. The third-order valence-corrected chi connectivity index (χ3v) is 5.82. The maximum atomic E-state index is 13.3. The van der Waals surface area contributed by atoms with Gasteiger partial charge in [-0.2, -0.15) is 0 Å². The molecule has 2 aromatic heterocycles. The number of amides is 2. The molecule has 5 rings (SSSR count). The van der Waals surface area contributed by atoms with Gasteiger partial charge in [0.05, 0.1) is 5.39 Å². The van der Waals surface area contributed by atoms with Crippen molar-refractivity contribution in [1.29, 1.82) is 0 Å². The Labute approximate surface area is 145 Å². The van der Waals surface area contributed by atoms with Gasteiger partial charge in [-0.25, -0.2) is 4.98 Å². The first-order valence-electron chi connectivity index (χ1n) is 9.04. The number of fused-ring (bicyclic) bond motifs is 1. The Kier molecular flexibility index (Phi) is 3.14. The summed E-state index contributed by atoms with van der Waals surface area (Å²) in [4.78, 5) is 34.4. The largest absolute Gasteiger partial charge is 0.348 e. The molecule has 130 valence electrons. The van der Waals surface area contributed by atoms with E-state index in [0.717, 1.165) is 45.1 Å². The van der Waals surface area contributed by atoms with Crippen molar-refractivity contribution < 1.29 is 14.1 Å². The van der Waals surface area contributed by atoms with E-state index in [0.29, 0.717) is 23.6 Å². The van der Waals surface area contributed by atoms with Crippen molar-refractivity contribution in [3.8, 4) is 0 Å². The number of carbonyl (C=O) groups is 2. The average Bonchev–Trinajstić information content (AvgIpc) is 3.24. The summed E-state index contributed by atoms with van der Waals surface area (Å²) in [5, 5.41) is 4.50. The van der Waals surface area contributed by atoms with Gasteiger partial charge in [-0.3, -0.25) is 9.59 Å². The fourth-order valence-corrected chi connectivity index (χ4v) is 4.47. The summed E-state index contributed by atoms with van der Waals surface area (Å²) in [5.41, 5.74) is -0.270. The van der Waals surface area contributed by atoms with Crippen LogP contribution in [0.1, 0.15) is 49.1 Å². The first kappa shape index (κ1) is 14.9. The van der Waals surface area contributed by atoms with Crippen LogP contribution in [-0.4, -0.2) is 56.4 Å². The van der Waals surface area contributed by atoms with Gasteiger partial charge in [0.25, 0.3) is 5.91 Å². The summed E-state index contributed by atoms with van der Waals surface area (Å²) in [5.74, 6) is 0.0914. The van der Waals surface area contributed by atoms with E-state index < -0.39 is 5.54 Å². The number of aromatic nitrogens is 2. The molecular weight excluding hydrogens is 320 g/mol. The van der Waals surface area contributed by atoms with Crippen LogP contribution in [0.25, 0.3) is 11.0 Å². The molecule has 0 radical (unpaired) electrons. The molecule has 2 aromatic rings. The van der Waals surface area contributed by atoms with E-state index in [4.69, 9.17) is 4.52 Å². The molecule has 2 amide bonds. The molecule has 0 N–H and O–H groups in total. The Morgan fingerprint density at radius 3 is 2.84 bits per heavy atom. The van der Waals surface area contributed by atoms with Crippen molar-refractivity contribution in [1.82, 2.24) is 19.9 Å². The van der Waals surface area contributed by atoms with Gasteiger partial charge >= 0.3 is 0 Å². The highest BCUT2D eigenvalue weighted by Gasteiger charge is 2.55. The lowest BCUT2D eigenvalue weighted by molar-refractivity contribution is -0.146. The zero-order chi connectivity index (χ0) is 17.0. The molecule has 3 aliphatic rings. The van der Waals surface area contributed by atoms with E-state index in [1.807, 2.05) is 4.90 Å². The van der Waals surface area contributed by atoms with Crippen LogP contribution >= 0.6 is 0 Å². The highest BCUT2D eigenvalue weighted by atomic mass is 16.5.